The molecule has 1 saturated heterocycles. The summed E-state index contributed by atoms with van der Waals surface area (Å²) in [5.41, 5.74) is -1.40. The van der Waals surface area contributed by atoms with Crippen molar-refractivity contribution in [3.63, 3.8) is 0 Å². The molecule has 3 aromatic carbocycles. The molecule has 4 rings (SSSR count). The molecule has 42 heavy (non-hydrogen) atoms. The SMILES string of the molecule is O=C(OCc1cccc(C(F)(F)F)c1)c1cc(COC2CCCCO2)cc(C(=O)OCc2cccc(C(F)(F)F)c2)c1. The number of alkyl halides is 6. The van der Waals surface area contributed by atoms with Crippen molar-refractivity contribution < 1.29 is 54.9 Å². The molecule has 12 heteroatoms. The molecule has 0 amide bonds. The lowest BCUT2D eigenvalue weighted by molar-refractivity contribution is -0.168. The van der Waals surface area contributed by atoms with Crippen LogP contribution in [0.2, 0.25) is 0 Å². The van der Waals surface area contributed by atoms with Gasteiger partial charge in [-0.2, -0.15) is 26.3 Å². The van der Waals surface area contributed by atoms with Crippen LogP contribution in [0.1, 0.15) is 67.8 Å². The van der Waals surface area contributed by atoms with Crippen LogP contribution >= 0.6 is 0 Å². The lowest BCUT2D eigenvalue weighted by atomic mass is 10.1. The third kappa shape index (κ3) is 8.80. The summed E-state index contributed by atoms with van der Waals surface area (Å²) in [5, 5.41) is 0. The van der Waals surface area contributed by atoms with E-state index in [1.165, 1.54) is 42.5 Å². The molecule has 0 radical (unpaired) electrons. The molecule has 0 aliphatic carbocycles. The Bertz CT molecular complexity index is 1300. The van der Waals surface area contributed by atoms with Gasteiger partial charge in [0.1, 0.15) is 13.2 Å². The highest BCUT2D eigenvalue weighted by Crippen LogP contribution is 2.31. The van der Waals surface area contributed by atoms with Crippen LogP contribution in [0, 0.1) is 0 Å². The summed E-state index contributed by atoms with van der Waals surface area (Å²) >= 11 is 0. The van der Waals surface area contributed by atoms with Crippen LogP contribution < -0.4 is 0 Å². The van der Waals surface area contributed by atoms with E-state index in [2.05, 4.69) is 0 Å². The van der Waals surface area contributed by atoms with E-state index in [0.29, 0.717) is 18.6 Å². The van der Waals surface area contributed by atoms with Crippen LogP contribution in [0.4, 0.5) is 26.3 Å². The Balaban J connectivity index is 1.50. The third-order valence-corrected chi connectivity index (χ3v) is 6.29. The predicted molar refractivity (Wildman–Crippen MR) is 136 cm³/mol. The van der Waals surface area contributed by atoms with Gasteiger partial charge in [0.2, 0.25) is 0 Å². The zero-order chi connectivity index (χ0) is 30.3. The number of carbonyl (C=O) groups excluding carboxylic acids is 2. The molecule has 0 spiro atoms. The van der Waals surface area contributed by atoms with Gasteiger partial charge in [0.25, 0.3) is 0 Å². The molecule has 0 aromatic heterocycles. The van der Waals surface area contributed by atoms with Crippen molar-refractivity contribution in [3.05, 3.63) is 106 Å². The fourth-order valence-electron chi connectivity index (χ4n) is 4.18. The van der Waals surface area contributed by atoms with Crippen molar-refractivity contribution in [1.29, 1.82) is 0 Å². The second-order valence-corrected chi connectivity index (χ2v) is 9.57. The fourth-order valence-corrected chi connectivity index (χ4v) is 4.18. The molecule has 1 heterocycles. The second kappa shape index (κ2) is 13.4. The average Bonchev–Trinajstić information content (AvgIpc) is 2.97. The van der Waals surface area contributed by atoms with Crippen LogP contribution in [0.25, 0.3) is 0 Å². The topological polar surface area (TPSA) is 71.1 Å². The maximum Gasteiger partial charge on any atom is 0.416 e. The quantitative estimate of drug-likeness (QED) is 0.188. The molecule has 1 atom stereocenters. The molecule has 1 unspecified atom stereocenters. The first-order chi connectivity index (χ1) is 19.9. The molecule has 1 aliphatic rings. The Labute approximate surface area is 237 Å². The minimum Gasteiger partial charge on any atom is -0.457 e. The molecular formula is C30H26F6O6. The molecule has 6 nitrogen and oxygen atoms in total. The number of carbonyl (C=O) groups is 2. The van der Waals surface area contributed by atoms with Gasteiger partial charge in [-0.15, -0.1) is 0 Å². The summed E-state index contributed by atoms with van der Waals surface area (Å²) in [6.45, 7) is -0.448. The number of hydrogen-bond acceptors (Lipinski definition) is 6. The number of hydrogen-bond donors (Lipinski definition) is 0. The van der Waals surface area contributed by atoms with Crippen molar-refractivity contribution in [1.82, 2.24) is 0 Å². The smallest absolute Gasteiger partial charge is 0.416 e. The lowest BCUT2D eigenvalue weighted by Crippen LogP contribution is -2.22. The molecule has 1 aliphatic heterocycles. The van der Waals surface area contributed by atoms with Gasteiger partial charge >= 0.3 is 24.3 Å². The monoisotopic (exact) mass is 596 g/mol. The van der Waals surface area contributed by atoms with Gasteiger partial charge in [0.05, 0.1) is 28.9 Å². The van der Waals surface area contributed by atoms with Gasteiger partial charge in [-0.25, -0.2) is 9.59 Å². The Kier molecular flexibility index (Phi) is 9.89. The average molecular weight is 597 g/mol. The maximum absolute atomic E-state index is 13.0. The van der Waals surface area contributed by atoms with E-state index in [9.17, 15) is 35.9 Å². The molecule has 3 aromatic rings. The number of halogens is 6. The van der Waals surface area contributed by atoms with Gasteiger partial charge in [-0.1, -0.05) is 24.3 Å². The normalized spacial score (nSPS) is 15.7. The molecule has 0 bridgehead atoms. The van der Waals surface area contributed by atoms with Crippen LogP contribution in [-0.4, -0.2) is 24.8 Å². The molecule has 0 saturated carbocycles. The van der Waals surface area contributed by atoms with Gasteiger partial charge < -0.3 is 18.9 Å². The first-order valence-corrected chi connectivity index (χ1v) is 12.9. The molecule has 224 valence electrons. The zero-order valence-electron chi connectivity index (χ0n) is 22.1. The molecule has 0 N–H and O–H groups in total. The first-order valence-electron chi connectivity index (χ1n) is 12.9. The largest absolute Gasteiger partial charge is 0.457 e. The summed E-state index contributed by atoms with van der Waals surface area (Å²) in [6, 6.07) is 12.6. The summed E-state index contributed by atoms with van der Waals surface area (Å²) in [7, 11) is 0. The third-order valence-electron chi connectivity index (χ3n) is 6.29. The minimum absolute atomic E-state index is 0.0483. The number of ether oxygens (including phenoxy) is 4. The van der Waals surface area contributed by atoms with E-state index in [1.54, 1.807) is 0 Å². The lowest BCUT2D eigenvalue weighted by Gasteiger charge is -2.22. The molecule has 1 fully saturated rings. The van der Waals surface area contributed by atoms with Crippen molar-refractivity contribution >= 4 is 11.9 Å². The fraction of sp³-hybridized carbons (Fsp3) is 0.333. The Morgan fingerprint density at radius 1 is 0.690 bits per heavy atom. The zero-order valence-corrected chi connectivity index (χ0v) is 22.1. The minimum atomic E-state index is -4.57. The van der Waals surface area contributed by atoms with Crippen LogP contribution in [-0.2, 0) is 51.1 Å². The number of esters is 2. The van der Waals surface area contributed by atoms with Crippen LogP contribution in [0.15, 0.2) is 66.7 Å². The molecular weight excluding hydrogens is 570 g/mol. The van der Waals surface area contributed by atoms with Crippen molar-refractivity contribution in [2.24, 2.45) is 0 Å². The summed E-state index contributed by atoms with van der Waals surface area (Å²) in [5.74, 6) is -1.84. The summed E-state index contributed by atoms with van der Waals surface area (Å²) < 4.78 is 99.8. The highest BCUT2D eigenvalue weighted by atomic mass is 19.4. The van der Waals surface area contributed by atoms with Crippen molar-refractivity contribution in [3.8, 4) is 0 Å². The van der Waals surface area contributed by atoms with E-state index < -0.39 is 54.9 Å². The van der Waals surface area contributed by atoms with E-state index in [4.69, 9.17) is 18.9 Å². The standard InChI is InChI=1S/C30H26F6O6/c31-29(32,33)24-7-3-5-19(13-24)16-41-27(37)22-11-21(18-40-26-9-1-2-10-39-26)12-23(15-22)28(38)42-17-20-6-4-8-25(14-20)30(34,35)36/h3-8,11-15,26H,1-2,9-10,16-18H2. The van der Waals surface area contributed by atoms with Gasteiger partial charge in [0.15, 0.2) is 6.29 Å². The van der Waals surface area contributed by atoms with E-state index >= 15 is 0 Å². The maximum atomic E-state index is 13.0. The van der Waals surface area contributed by atoms with E-state index in [0.717, 1.165) is 37.1 Å². The van der Waals surface area contributed by atoms with Gasteiger partial charge in [-0.3, -0.25) is 0 Å². The van der Waals surface area contributed by atoms with Crippen LogP contribution in [0.5, 0.6) is 0 Å². The number of rotatable bonds is 9. The Morgan fingerprint density at radius 3 is 1.67 bits per heavy atom. The summed E-state index contributed by atoms with van der Waals surface area (Å²) in [6.07, 6.45) is -7.16. The summed E-state index contributed by atoms with van der Waals surface area (Å²) in [4.78, 5) is 25.8. The predicted octanol–water partition coefficient (Wildman–Crippen LogP) is 7.48. The second-order valence-electron chi connectivity index (χ2n) is 9.57. The Hall–Kier alpha value is -3.90. The van der Waals surface area contributed by atoms with Crippen molar-refractivity contribution in [2.75, 3.05) is 6.61 Å². The van der Waals surface area contributed by atoms with Gasteiger partial charge in [-0.05, 0) is 78.4 Å². The van der Waals surface area contributed by atoms with E-state index in [-0.39, 0.29) is 28.9 Å². The first kappa shape index (κ1) is 31.0. The van der Waals surface area contributed by atoms with E-state index in [1.807, 2.05) is 0 Å². The van der Waals surface area contributed by atoms with Crippen LogP contribution in [0.3, 0.4) is 0 Å². The highest BCUT2D eigenvalue weighted by Gasteiger charge is 2.31. The number of benzene rings is 3. The Morgan fingerprint density at radius 2 is 1.21 bits per heavy atom. The highest BCUT2D eigenvalue weighted by molar-refractivity contribution is 5.95. The van der Waals surface area contributed by atoms with Gasteiger partial charge in [0, 0.05) is 6.61 Å². The van der Waals surface area contributed by atoms with Crippen molar-refractivity contribution in [2.45, 2.75) is 57.7 Å².